The molecule has 0 aliphatic heterocycles. The number of nitrogens with zero attached hydrogens (tertiary/aromatic N) is 1. The smallest absolute Gasteiger partial charge is 0.0991 e. The average Bonchev–Trinajstić information content (AvgIpc) is 2.59. The Balaban J connectivity index is 1.92. The Morgan fingerprint density at radius 3 is 2.59 bits per heavy atom. The van der Waals surface area contributed by atoms with Crippen molar-refractivity contribution in [2.45, 2.75) is 77.0 Å². The quantitative estimate of drug-likeness (QED) is 0.649. The molecule has 2 fully saturated rings. The molecule has 3 atom stereocenters. The van der Waals surface area contributed by atoms with E-state index in [9.17, 15) is 0 Å². The number of rotatable bonds is 4. The van der Waals surface area contributed by atoms with Crippen molar-refractivity contribution in [3.05, 3.63) is 35.4 Å². The zero-order chi connectivity index (χ0) is 15.4. The molecule has 0 spiro atoms. The molecule has 2 aliphatic carbocycles. The van der Waals surface area contributed by atoms with E-state index in [0.29, 0.717) is 5.41 Å². The standard InChI is InChI=1S/C21H29N/c1-2-3-14-21-15-5-4-7-19(21)8-6-9-20(21)18-12-10-17(16-22)11-13-18/h10-13,19-20H,2-9,14-15H2,1H3/t19-,20?,21+/m1/s1. The van der Waals surface area contributed by atoms with E-state index in [-0.39, 0.29) is 0 Å². The Labute approximate surface area is 135 Å². The third-order valence-electron chi connectivity index (χ3n) is 6.44. The molecule has 2 aliphatic rings. The summed E-state index contributed by atoms with van der Waals surface area (Å²) in [7, 11) is 0. The van der Waals surface area contributed by atoms with Crippen molar-refractivity contribution in [2.24, 2.45) is 11.3 Å². The van der Waals surface area contributed by atoms with E-state index in [2.05, 4.69) is 25.1 Å². The summed E-state index contributed by atoms with van der Waals surface area (Å²) in [6.07, 6.45) is 14.1. The van der Waals surface area contributed by atoms with E-state index in [4.69, 9.17) is 5.26 Å². The number of benzene rings is 1. The van der Waals surface area contributed by atoms with Gasteiger partial charge in [0, 0.05) is 0 Å². The summed E-state index contributed by atoms with van der Waals surface area (Å²) in [5.41, 5.74) is 2.85. The van der Waals surface area contributed by atoms with E-state index in [1.165, 1.54) is 69.8 Å². The molecule has 118 valence electrons. The van der Waals surface area contributed by atoms with Crippen LogP contribution in [0.4, 0.5) is 0 Å². The Morgan fingerprint density at radius 2 is 1.86 bits per heavy atom. The molecule has 0 heterocycles. The molecule has 3 rings (SSSR count). The maximum Gasteiger partial charge on any atom is 0.0991 e. The van der Waals surface area contributed by atoms with Crippen molar-refractivity contribution in [1.29, 1.82) is 5.26 Å². The summed E-state index contributed by atoms with van der Waals surface area (Å²) in [5.74, 6) is 1.67. The Hall–Kier alpha value is -1.29. The lowest BCUT2D eigenvalue weighted by molar-refractivity contribution is 0.0101. The van der Waals surface area contributed by atoms with Gasteiger partial charge in [0.25, 0.3) is 0 Å². The summed E-state index contributed by atoms with van der Waals surface area (Å²) < 4.78 is 0. The fourth-order valence-corrected chi connectivity index (χ4v) is 5.38. The normalized spacial score (nSPS) is 31.3. The SMILES string of the molecule is CCCC[C@]12CCCC[C@@H]1CCCC2c1ccc(C#N)cc1. The molecule has 0 N–H and O–H groups in total. The maximum atomic E-state index is 9.04. The van der Waals surface area contributed by atoms with Crippen molar-refractivity contribution in [3.63, 3.8) is 0 Å². The van der Waals surface area contributed by atoms with Gasteiger partial charge in [0.05, 0.1) is 11.6 Å². The van der Waals surface area contributed by atoms with Crippen LogP contribution in [0.2, 0.25) is 0 Å². The van der Waals surface area contributed by atoms with Gasteiger partial charge in [0.1, 0.15) is 0 Å². The number of fused-ring (bicyclic) bond motifs is 1. The first-order valence-corrected chi connectivity index (χ1v) is 9.30. The lowest BCUT2D eigenvalue weighted by Crippen LogP contribution is -2.42. The molecule has 1 unspecified atom stereocenters. The molecular formula is C21H29N. The fraction of sp³-hybridized carbons (Fsp3) is 0.667. The fourth-order valence-electron chi connectivity index (χ4n) is 5.38. The zero-order valence-corrected chi connectivity index (χ0v) is 14.0. The van der Waals surface area contributed by atoms with Crippen LogP contribution in [0.3, 0.4) is 0 Å². The van der Waals surface area contributed by atoms with Crippen LogP contribution in [-0.4, -0.2) is 0 Å². The van der Waals surface area contributed by atoms with Gasteiger partial charge in [0.2, 0.25) is 0 Å². The first kappa shape index (κ1) is 15.6. The Bertz CT molecular complexity index is 522. The lowest BCUT2D eigenvalue weighted by Gasteiger charge is -2.53. The van der Waals surface area contributed by atoms with Gasteiger partial charge in [-0.25, -0.2) is 0 Å². The predicted molar refractivity (Wildman–Crippen MR) is 91.7 cm³/mol. The highest BCUT2D eigenvalue weighted by atomic mass is 14.5. The Morgan fingerprint density at radius 1 is 1.09 bits per heavy atom. The number of hydrogen-bond donors (Lipinski definition) is 0. The first-order chi connectivity index (χ1) is 10.8. The highest BCUT2D eigenvalue weighted by Crippen LogP contribution is 2.59. The summed E-state index contributed by atoms with van der Waals surface area (Å²) in [6, 6.07) is 10.8. The van der Waals surface area contributed by atoms with Crippen LogP contribution in [0.15, 0.2) is 24.3 Å². The van der Waals surface area contributed by atoms with Crippen molar-refractivity contribution in [2.75, 3.05) is 0 Å². The van der Waals surface area contributed by atoms with E-state index < -0.39 is 0 Å². The summed E-state index contributed by atoms with van der Waals surface area (Å²) in [5, 5.41) is 9.04. The van der Waals surface area contributed by atoms with Gasteiger partial charge in [-0.2, -0.15) is 5.26 Å². The van der Waals surface area contributed by atoms with Crippen LogP contribution in [0, 0.1) is 22.7 Å². The largest absolute Gasteiger partial charge is 0.192 e. The molecule has 0 bridgehead atoms. The summed E-state index contributed by atoms with van der Waals surface area (Å²) >= 11 is 0. The number of hydrogen-bond acceptors (Lipinski definition) is 1. The minimum absolute atomic E-state index is 0.556. The molecule has 0 amide bonds. The molecule has 1 aromatic rings. The first-order valence-electron chi connectivity index (χ1n) is 9.30. The lowest BCUT2D eigenvalue weighted by atomic mass is 9.51. The van der Waals surface area contributed by atoms with Crippen LogP contribution < -0.4 is 0 Å². The number of unbranched alkanes of at least 4 members (excludes halogenated alkanes) is 1. The monoisotopic (exact) mass is 295 g/mol. The maximum absolute atomic E-state index is 9.04. The molecule has 1 heteroatoms. The van der Waals surface area contributed by atoms with Crippen LogP contribution in [0.1, 0.15) is 88.2 Å². The van der Waals surface area contributed by atoms with E-state index >= 15 is 0 Å². The van der Waals surface area contributed by atoms with Gasteiger partial charge < -0.3 is 0 Å². The molecule has 1 aromatic carbocycles. The van der Waals surface area contributed by atoms with Crippen LogP contribution >= 0.6 is 0 Å². The molecule has 22 heavy (non-hydrogen) atoms. The van der Waals surface area contributed by atoms with Crippen LogP contribution in [0.5, 0.6) is 0 Å². The summed E-state index contributed by atoms with van der Waals surface area (Å²) in [6.45, 7) is 2.33. The van der Waals surface area contributed by atoms with Crippen molar-refractivity contribution < 1.29 is 0 Å². The molecule has 1 nitrogen and oxygen atoms in total. The minimum atomic E-state index is 0.556. The van der Waals surface area contributed by atoms with Crippen molar-refractivity contribution >= 4 is 0 Å². The van der Waals surface area contributed by atoms with Crippen LogP contribution in [-0.2, 0) is 0 Å². The number of nitriles is 1. The predicted octanol–water partition coefficient (Wildman–Crippen LogP) is 6.19. The Kier molecular flexibility index (Phi) is 4.87. The second-order valence-corrected chi connectivity index (χ2v) is 7.50. The molecular weight excluding hydrogens is 266 g/mol. The van der Waals surface area contributed by atoms with Gasteiger partial charge in [-0.3, -0.25) is 0 Å². The third kappa shape index (κ3) is 2.81. The molecule has 0 radical (unpaired) electrons. The van der Waals surface area contributed by atoms with Gasteiger partial charge in [-0.1, -0.05) is 51.2 Å². The third-order valence-corrected chi connectivity index (χ3v) is 6.44. The molecule has 2 saturated carbocycles. The minimum Gasteiger partial charge on any atom is -0.192 e. The topological polar surface area (TPSA) is 23.8 Å². The van der Waals surface area contributed by atoms with Gasteiger partial charge in [-0.05, 0) is 67.1 Å². The van der Waals surface area contributed by atoms with Gasteiger partial charge >= 0.3 is 0 Å². The highest BCUT2D eigenvalue weighted by molar-refractivity contribution is 5.34. The van der Waals surface area contributed by atoms with Crippen molar-refractivity contribution in [1.82, 2.24) is 0 Å². The highest BCUT2D eigenvalue weighted by Gasteiger charge is 2.48. The zero-order valence-electron chi connectivity index (χ0n) is 14.0. The van der Waals surface area contributed by atoms with Crippen LogP contribution in [0.25, 0.3) is 0 Å². The van der Waals surface area contributed by atoms with Gasteiger partial charge in [0.15, 0.2) is 0 Å². The van der Waals surface area contributed by atoms with E-state index in [1.54, 1.807) is 0 Å². The van der Waals surface area contributed by atoms with Crippen molar-refractivity contribution in [3.8, 4) is 6.07 Å². The second-order valence-electron chi connectivity index (χ2n) is 7.50. The van der Waals surface area contributed by atoms with E-state index in [0.717, 1.165) is 17.4 Å². The molecule has 0 saturated heterocycles. The molecule has 0 aromatic heterocycles. The average molecular weight is 295 g/mol. The second kappa shape index (κ2) is 6.86. The van der Waals surface area contributed by atoms with Gasteiger partial charge in [-0.15, -0.1) is 0 Å². The van der Waals surface area contributed by atoms with E-state index in [1.807, 2.05) is 12.1 Å². The summed E-state index contributed by atoms with van der Waals surface area (Å²) in [4.78, 5) is 0.